The number of carbonyl (C=O) groups excluding carboxylic acids is 2. The summed E-state index contributed by atoms with van der Waals surface area (Å²) in [6.45, 7) is 4.61. The van der Waals surface area contributed by atoms with Gasteiger partial charge in [-0.2, -0.15) is 10.2 Å². The van der Waals surface area contributed by atoms with Crippen molar-refractivity contribution >= 4 is 39.7 Å². The van der Waals surface area contributed by atoms with E-state index in [1.54, 1.807) is 55.5 Å². The van der Waals surface area contributed by atoms with Crippen LogP contribution in [-0.4, -0.2) is 32.8 Å². The maximum absolute atomic E-state index is 12.4. The van der Waals surface area contributed by atoms with Gasteiger partial charge in [-0.25, -0.2) is 10.2 Å². The Bertz CT molecular complexity index is 1250. The number of nitrogens with one attached hydrogen (secondary N) is 1. The zero-order valence-corrected chi connectivity index (χ0v) is 19.6. The third-order valence-electron chi connectivity index (χ3n) is 4.77. The van der Waals surface area contributed by atoms with Crippen LogP contribution in [0.3, 0.4) is 0 Å². The Morgan fingerprint density at radius 2 is 1.97 bits per heavy atom. The Morgan fingerprint density at radius 1 is 1.24 bits per heavy atom. The minimum absolute atomic E-state index is 0.118. The van der Waals surface area contributed by atoms with Crippen molar-refractivity contribution in [2.45, 2.75) is 26.8 Å². The van der Waals surface area contributed by atoms with Crippen molar-refractivity contribution in [1.29, 1.82) is 0 Å². The zero-order chi connectivity index (χ0) is 24.1. The fraction of sp³-hybridized carbons (Fsp3) is 0.182. The number of nitro groups is 1. The number of aryl methyl sites for hydroxylation is 1. The van der Waals surface area contributed by atoms with E-state index in [2.05, 4.69) is 31.6 Å². The number of amides is 1. The molecule has 33 heavy (non-hydrogen) atoms. The van der Waals surface area contributed by atoms with Gasteiger partial charge in [-0.05, 0) is 66.5 Å². The van der Waals surface area contributed by atoms with E-state index in [-0.39, 0.29) is 17.1 Å². The van der Waals surface area contributed by atoms with Gasteiger partial charge in [0.1, 0.15) is 23.2 Å². The summed E-state index contributed by atoms with van der Waals surface area (Å²) in [5, 5.41) is 19.2. The van der Waals surface area contributed by atoms with Gasteiger partial charge in [0.05, 0.1) is 16.7 Å². The molecule has 170 valence electrons. The van der Waals surface area contributed by atoms with Crippen LogP contribution in [0.4, 0.5) is 5.69 Å². The topological polar surface area (TPSA) is 129 Å². The van der Waals surface area contributed by atoms with Gasteiger partial charge in [0.25, 0.3) is 5.91 Å². The van der Waals surface area contributed by atoms with Gasteiger partial charge in [-0.1, -0.05) is 24.3 Å². The van der Waals surface area contributed by atoms with Gasteiger partial charge in [0, 0.05) is 4.47 Å². The molecule has 0 spiro atoms. The number of ether oxygens (including phenoxy) is 1. The van der Waals surface area contributed by atoms with Crippen LogP contribution in [0.2, 0.25) is 0 Å². The SMILES string of the molecule is Cc1nn(C(C)C(=O)NN=Cc2cccc(OC(=O)c3ccccc3Br)c2)c(C)c1[N+](=O)[O-]. The van der Waals surface area contributed by atoms with Crippen LogP contribution in [-0.2, 0) is 4.79 Å². The van der Waals surface area contributed by atoms with Crippen LogP contribution in [0.5, 0.6) is 5.75 Å². The van der Waals surface area contributed by atoms with Gasteiger partial charge in [-0.3, -0.25) is 19.6 Å². The van der Waals surface area contributed by atoms with Crippen molar-refractivity contribution in [3.8, 4) is 5.75 Å². The molecule has 0 aliphatic rings. The molecular weight excluding hydrogens is 494 g/mol. The van der Waals surface area contributed by atoms with E-state index < -0.39 is 22.8 Å². The fourth-order valence-electron chi connectivity index (χ4n) is 3.12. The molecule has 10 nitrogen and oxygen atoms in total. The Balaban J connectivity index is 1.65. The minimum atomic E-state index is -0.814. The normalized spacial score (nSPS) is 11.9. The molecule has 0 saturated carbocycles. The number of halogens is 1. The quantitative estimate of drug-likeness (QED) is 0.166. The van der Waals surface area contributed by atoms with E-state index in [0.717, 1.165) is 0 Å². The predicted molar refractivity (Wildman–Crippen MR) is 124 cm³/mol. The molecule has 1 aromatic heterocycles. The fourth-order valence-corrected chi connectivity index (χ4v) is 3.56. The number of hydrogen-bond donors (Lipinski definition) is 1. The lowest BCUT2D eigenvalue weighted by molar-refractivity contribution is -0.386. The van der Waals surface area contributed by atoms with Gasteiger partial charge in [0.2, 0.25) is 0 Å². The number of nitrogens with zero attached hydrogens (tertiary/aromatic N) is 4. The Kier molecular flexibility index (Phi) is 7.34. The third kappa shape index (κ3) is 5.50. The first-order valence-electron chi connectivity index (χ1n) is 9.78. The Hall–Kier alpha value is -3.86. The number of aromatic nitrogens is 2. The summed E-state index contributed by atoms with van der Waals surface area (Å²) < 4.78 is 7.32. The highest BCUT2D eigenvalue weighted by Crippen LogP contribution is 2.24. The highest BCUT2D eigenvalue weighted by Gasteiger charge is 2.26. The molecule has 1 unspecified atom stereocenters. The summed E-state index contributed by atoms with van der Waals surface area (Å²) in [7, 11) is 0. The lowest BCUT2D eigenvalue weighted by Gasteiger charge is -2.11. The van der Waals surface area contributed by atoms with Crippen molar-refractivity contribution in [3.05, 3.63) is 85.6 Å². The molecule has 0 aliphatic heterocycles. The van der Waals surface area contributed by atoms with E-state index in [0.29, 0.717) is 21.3 Å². The minimum Gasteiger partial charge on any atom is -0.423 e. The van der Waals surface area contributed by atoms with Crippen molar-refractivity contribution < 1.29 is 19.2 Å². The maximum Gasteiger partial charge on any atom is 0.344 e. The smallest absolute Gasteiger partial charge is 0.344 e. The van der Waals surface area contributed by atoms with E-state index >= 15 is 0 Å². The molecule has 3 aromatic rings. The molecule has 0 radical (unpaired) electrons. The standard InChI is InChI=1S/C22H20BrN5O5/c1-13-20(28(31)32)14(2)27(26-13)15(3)21(29)25-24-12-16-7-6-8-17(11-16)33-22(30)18-9-4-5-10-19(18)23/h4-12,15H,1-3H3,(H,25,29). The summed E-state index contributed by atoms with van der Waals surface area (Å²) in [4.78, 5) is 35.5. The molecule has 1 N–H and O–H groups in total. The third-order valence-corrected chi connectivity index (χ3v) is 5.46. The first kappa shape index (κ1) is 23.8. The van der Waals surface area contributed by atoms with Gasteiger partial charge in [-0.15, -0.1) is 0 Å². The highest BCUT2D eigenvalue weighted by molar-refractivity contribution is 9.10. The van der Waals surface area contributed by atoms with Gasteiger partial charge >= 0.3 is 11.7 Å². The molecule has 11 heteroatoms. The molecule has 2 aromatic carbocycles. The largest absolute Gasteiger partial charge is 0.423 e. The molecule has 0 saturated heterocycles. The Labute approximate surface area is 197 Å². The summed E-state index contributed by atoms with van der Waals surface area (Å²) in [6, 6.07) is 12.7. The van der Waals surface area contributed by atoms with Crippen LogP contribution in [0.1, 0.15) is 40.3 Å². The average molecular weight is 514 g/mol. The second-order valence-corrected chi connectivity index (χ2v) is 7.93. The summed E-state index contributed by atoms with van der Waals surface area (Å²) >= 11 is 3.32. The molecule has 0 bridgehead atoms. The van der Waals surface area contributed by atoms with Gasteiger partial charge in [0.15, 0.2) is 0 Å². The van der Waals surface area contributed by atoms with E-state index in [4.69, 9.17) is 4.74 Å². The molecule has 3 rings (SSSR count). The van der Waals surface area contributed by atoms with Crippen LogP contribution < -0.4 is 10.2 Å². The number of esters is 1. The monoisotopic (exact) mass is 513 g/mol. The predicted octanol–water partition coefficient (Wildman–Crippen LogP) is 4.10. The summed E-state index contributed by atoms with van der Waals surface area (Å²) in [5.74, 6) is -0.699. The molecule has 0 aliphatic carbocycles. The lowest BCUT2D eigenvalue weighted by Crippen LogP contribution is -2.28. The van der Waals surface area contributed by atoms with E-state index in [1.165, 1.54) is 24.7 Å². The molecular formula is C22H20BrN5O5. The number of benzene rings is 2. The molecule has 1 amide bonds. The first-order valence-corrected chi connectivity index (χ1v) is 10.6. The van der Waals surface area contributed by atoms with Crippen molar-refractivity contribution in [1.82, 2.24) is 15.2 Å². The van der Waals surface area contributed by atoms with Crippen LogP contribution in [0.15, 0.2) is 58.1 Å². The second kappa shape index (κ2) is 10.2. The highest BCUT2D eigenvalue weighted by atomic mass is 79.9. The molecule has 1 atom stereocenters. The second-order valence-electron chi connectivity index (χ2n) is 7.07. The van der Waals surface area contributed by atoms with Gasteiger partial charge < -0.3 is 4.74 Å². The zero-order valence-electron chi connectivity index (χ0n) is 18.0. The van der Waals surface area contributed by atoms with Crippen LogP contribution in [0.25, 0.3) is 0 Å². The summed E-state index contributed by atoms with van der Waals surface area (Å²) in [5.41, 5.74) is 3.76. The van der Waals surface area contributed by atoms with Crippen molar-refractivity contribution in [2.24, 2.45) is 5.10 Å². The number of hydrogen-bond acceptors (Lipinski definition) is 7. The van der Waals surface area contributed by atoms with Crippen LogP contribution >= 0.6 is 15.9 Å². The summed E-state index contributed by atoms with van der Waals surface area (Å²) in [6.07, 6.45) is 1.39. The number of carbonyl (C=O) groups is 2. The average Bonchev–Trinajstić information content (AvgIpc) is 3.07. The molecule has 0 fully saturated rings. The lowest BCUT2D eigenvalue weighted by atomic mass is 10.2. The van der Waals surface area contributed by atoms with E-state index in [9.17, 15) is 19.7 Å². The Morgan fingerprint density at radius 3 is 2.64 bits per heavy atom. The number of hydrazone groups is 1. The van der Waals surface area contributed by atoms with E-state index in [1.807, 2.05) is 0 Å². The van der Waals surface area contributed by atoms with Crippen LogP contribution in [0, 0.1) is 24.0 Å². The first-order chi connectivity index (χ1) is 15.7. The number of rotatable bonds is 7. The van der Waals surface area contributed by atoms with Crippen molar-refractivity contribution in [3.63, 3.8) is 0 Å². The van der Waals surface area contributed by atoms with Crippen molar-refractivity contribution in [2.75, 3.05) is 0 Å². The maximum atomic E-state index is 12.4. The molecule has 1 heterocycles.